The lowest BCUT2D eigenvalue weighted by Crippen LogP contribution is -2.48. The van der Waals surface area contributed by atoms with E-state index in [1.807, 2.05) is 47.4 Å². The summed E-state index contributed by atoms with van der Waals surface area (Å²) in [5.41, 5.74) is 2.28. The first-order valence-electron chi connectivity index (χ1n) is 9.02. The maximum Gasteiger partial charge on any atom is 0.222 e. The van der Waals surface area contributed by atoms with Crippen molar-refractivity contribution < 1.29 is 9.53 Å². The molecule has 0 atom stereocenters. The Kier molecular flexibility index (Phi) is 6.53. The molecule has 2 aromatic carbocycles. The summed E-state index contributed by atoms with van der Waals surface area (Å²) in [5.74, 6) is 1.06. The zero-order valence-electron chi connectivity index (χ0n) is 15.2. The summed E-state index contributed by atoms with van der Waals surface area (Å²) < 4.78 is 5.24. The second-order valence-corrected chi connectivity index (χ2v) is 7.01. The SMILES string of the molecule is COc1cccc(CCC(=O)N2CCN(Cc3ccccc3Cl)CC2)c1. The number of ether oxygens (including phenoxy) is 1. The van der Waals surface area contributed by atoms with E-state index in [4.69, 9.17) is 16.3 Å². The van der Waals surface area contributed by atoms with E-state index in [1.165, 1.54) is 0 Å². The third-order valence-corrected chi connectivity index (χ3v) is 5.21. The van der Waals surface area contributed by atoms with Gasteiger partial charge in [0.2, 0.25) is 5.91 Å². The third kappa shape index (κ3) is 4.99. The quantitative estimate of drug-likeness (QED) is 0.776. The largest absolute Gasteiger partial charge is 0.497 e. The first-order chi connectivity index (χ1) is 12.7. The van der Waals surface area contributed by atoms with Gasteiger partial charge in [-0.2, -0.15) is 0 Å². The summed E-state index contributed by atoms with van der Waals surface area (Å²) in [4.78, 5) is 16.8. The fraction of sp³-hybridized carbons (Fsp3) is 0.381. The molecule has 0 N–H and O–H groups in total. The van der Waals surface area contributed by atoms with Crippen molar-refractivity contribution >= 4 is 17.5 Å². The number of rotatable bonds is 6. The van der Waals surface area contributed by atoms with Gasteiger partial charge in [-0.1, -0.05) is 41.9 Å². The second-order valence-electron chi connectivity index (χ2n) is 6.60. The van der Waals surface area contributed by atoms with Gasteiger partial charge in [-0.3, -0.25) is 9.69 Å². The molecule has 0 aliphatic carbocycles. The molecule has 1 aliphatic rings. The van der Waals surface area contributed by atoms with E-state index in [-0.39, 0.29) is 5.91 Å². The summed E-state index contributed by atoms with van der Waals surface area (Å²) in [5, 5.41) is 0.810. The van der Waals surface area contributed by atoms with Crippen molar-refractivity contribution in [2.45, 2.75) is 19.4 Å². The smallest absolute Gasteiger partial charge is 0.222 e. The number of carbonyl (C=O) groups is 1. The van der Waals surface area contributed by atoms with E-state index in [2.05, 4.69) is 11.0 Å². The molecule has 0 unspecified atom stereocenters. The van der Waals surface area contributed by atoms with Crippen molar-refractivity contribution in [2.75, 3.05) is 33.3 Å². The number of amides is 1. The van der Waals surface area contributed by atoms with Gasteiger partial charge in [0.15, 0.2) is 0 Å². The first-order valence-corrected chi connectivity index (χ1v) is 9.40. The maximum atomic E-state index is 12.5. The van der Waals surface area contributed by atoms with Crippen LogP contribution in [0.2, 0.25) is 5.02 Å². The fourth-order valence-corrected chi connectivity index (χ4v) is 3.46. The van der Waals surface area contributed by atoms with Crippen molar-refractivity contribution in [3.63, 3.8) is 0 Å². The first kappa shape index (κ1) is 18.7. The van der Waals surface area contributed by atoms with Crippen LogP contribution in [0.5, 0.6) is 5.75 Å². The van der Waals surface area contributed by atoms with Crippen LogP contribution in [0.3, 0.4) is 0 Å². The Balaban J connectivity index is 1.45. The summed E-state index contributed by atoms with van der Waals surface area (Å²) in [6, 6.07) is 15.9. The monoisotopic (exact) mass is 372 g/mol. The summed E-state index contributed by atoms with van der Waals surface area (Å²) >= 11 is 6.24. The van der Waals surface area contributed by atoms with Crippen molar-refractivity contribution in [1.29, 1.82) is 0 Å². The Morgan fingerprint density at radius 3 is 2.58 bits per heavy atom. The Bertz CT molecular complexity index is 742. The maximum absolute atomic E-state index is 12.5. The van der Waals surface area contributed by atoms with E-state index in [1.54, 1.807) is 7.11 Å². The van der Waals surface area contributed by atoms with E-state index < -0.39 is 0 Å². The lowest BCUT2D eigenvalue weighted by Gasteiger charge is -2.35. The molecule has 1 fully saturated rings. The molecular formula is C21H25ClN2O2. The highest BCUT2D eigenvalue weighted by Gasteiger charge is 2.21. The van der Waals surface area contributed by atoms with Gasteiger partial charge in [-0.25, -0.2) is 0 Å². The number of piperazine rings is 1. The highest BCUT2D eigenvalue weighted by Crippen LogP contribution is 2.18. The van der Waals surface area contributed by atoms with E-state index in [0.717, 1.165) is 61.0 Å². The number of hydrogen-bond donors (Lipinski definition) is 0. The van der Waals surface area contributed by atoms with Gasteiger partial charge in [-0.05, 0) is 35.7 Å². The van der Waals surface area contributed by atoms with Crippen molar-refractivity contribution in [2.24, 2.45) is 0 Å². The average Bonchev–Trinajstić information content (AvgIpc) is 2.68. The standard InChI is InChI=1S/C21H25ClN2O2/c1-26-19-7-4-5-17(15-19)9-10-21(25)24-13-11-23(12-14-24)16-18-6-2-3-8-20(18)22/h2-8,15H,9-14,16H2,1H3. The van der Waals surface area contributed by atoms with Gasteiger partial charge in [0.05, 0.1) is 7.11 Å². The number of carbonyl (C=O) groups excluding carboxylic acids is 1. The molecule has 0 spiro atoms. The Labute approximate surface area is 160 Å². The zero-order chi connectivity index (χ0) is 18.4. The van der Waals surface area contributed by atoms with Crippen LogP contribution in [0.15, 0.2) is 48.5 Å². The van der Waals surface area contributed by atoms with Crippen molar-refractivity contribution in [3.05, 3.63) is 64.7 Å². The molecule has 26 heavy (non-hydrogen) atoms. The summed E-state index contributed by atoms with van der Waals surface area (Å²) in [6.07, 6.45) is 1.29. The molecule has 138 valence electrons. The minimum absolute atomic E-state index is 0.227. The lowest BCUT2D eigenvalue weighted by atomic mass is 10.1. The lowest BCUT2D eigenvalue weighted by molar-refractivity contribution is -0.133. The van der Waals surface area contributed by atoms with Crippen LogP contribution >= 0.6 is 11.6 Å². The van der Waals surface area contributed by atoms with Crippen LogP contribution in [-0.2, 0) is 17.8 Å². The minimum Gasteiger partial charge on any atom is -0.497 e. The molecule has 4 nitrogen and oxygen atoms in total. The second kappa shape index (κ2) is 9.06. The highest BCUT2D eigenvalue weighted by molar-refractivity contribution is 6.31. The fourth-order valence-electron chi connectivity index (χ4n) is 3.26. The summed E-state index contributed by atoms with van der Waals surface area (Å²) in [6.45, 7) is 4.17. The third-order valence-electron chi connectivity index (χ3n) is 4.84. The van der Waals surface area contributed by atoms with Crippen LogP contribution in [0.1, 0.15) is 17.5 Å². The Morgan fingerprint density at radius 2 is 1.85 bits per heavy atom. The highest BCUT2D eigenvalue weighted by atomic mass is 35.5. The van der Waals surface area contributed by atoms with Gasteiger partial charge >= 0.3 is 0 Å². The number of halogens is 1. The molecule has 1 heterocycles. The number of aryl methyl sites for hydroxylation is 1. The molecule has 1 saturated heterocycles. The predicted molar refractivity (Wildman–Crippen MR) is 105 cm³/mol. The topological polar surface area (TPSA) is 32.8 Å². The molecule has 0 aromatic heterocycles. The minimum atomic E-state index is 0.227. The molecule has 1 aliphatic heterocycles. The van der Waals surface area contributed by atoms with Crippen molar-refractivity contribution in [1.82, 2.24) is 9.80 Å². The van der Waals surface area contributed by atoms with E-state index >= 15 is 0 Å². The number of hydrogen-bond acceptors (Lipinski definition) is 3. The Hall–Kier alpha value is -2.04. The molecule has 0 radical (unpaired) electrons. The van der Waals surface area contributed by atoms with Crippen LogP contribution in [0.25, 0.3) is 0 Å². The van der Waals surface area contributed by atoms with Gasteiger partial charge in [0.1, 0.15) is 5.75 Å². The van der Waals surface area contributed by atoms with Crippen molar-refractivity contribution in [3.8, 4) is 5.75 Å². The van der Waals surface area contributed by atoms with Gasteiger partial charge in [0.25, 0.3) is 0 Å². The number of benzene rings is 2. The normalized spacial score (nSPS) is 15.1. The predicted octanol–water partition coefficient (Wildman–Crippen LogP) is 3.63. The number of nitrogens with zero attached hydrogens (tertiary/aromatic N) is 2. The Morgan fingerprint density at radius 1 is 1.08 bits per heavy atom. The molecule has 0 bridgehead atoms. The van der Waals surface area contributed by atoms with Crippen LogP contribution in [0, 0.1) is 0 Å². The van der Waals surface area contributed by atoms with Crippen LogP contribution < -0.4 is 4.74 Å². The molecule has 3 rings (SSSR count). The van der Waals surface area contributed by atoms with Crippen LogP contribution in [-0.4, -0.2) is 49.0 Å². The van der Waals surface area contributed by atoms with Gasteiger partial charge in [0, 0.05) is 44.2 Å². The molecule has 0 saturated carbocycles. The van der Waals surface area contributed by atoms with Crippen LogP contribution in [0.4, 0.5) is 0 Å². The zero-order valence-corrected chi connectivity index (χ0v) is 15.9. The van der Waals surface area contributed by atoms with Gasteiger partial charge < -0.3 is 9.64 Å². The van der Waals surface area contributed by atoms with E-state index in [0.29, 0.717) is 6.42 Å². The molecule has 2 aromatic rings. The van der Waals surface area contributed by atoms with Gasteiger partial charge in [-0.15, -0.1) is 0 Å². The van der Waals surface area contributed by atoms with E-state index in [9.17, 15) is 4.79 Å². The molecule has 5 heteroatoms. The number of methoxy groups -OCH3 is 1. The molecular weight excluding hydrogens is 348 g/mol. The molecule has 1 amide bonds. The average molecular weight is 373 g/mol. The summed E-state index contributed by atoms with van der Waals surface area (Å²) in [7, 11) is 1.66.